The van der Waals surface area contributed by atoms with Gasteiger partial charge in [0.25, 0.3) is 0 Å². The van der Waals surface area contributed by atoms with Crippen molar-refractivity contribution < 1.29 is 13.9 Å². The first kappa shape index (κ1) is 20.9. The molecule has 0 aromatic heterocycles. The van der Waals surface area contributed by atoms with Gasteiger partial charge in [0.15, 0.2) is 12.8 Å². The van der Waals surface area contributed by atoms with Crippen LogP contribution < -0.4 is 15.4 Å². The lowest BCUT2D eigenvalue weighted by Gasteiger charge is -2.27. The number of ether oxygens (including phenoxy) is 2. The minimum atomic E-state index is -0.286. The van der Waals surface area contributed by atoms with Crippen molar-refractivity contribution in [1.29, 1.82) is 0 Å². The second-order valence-electron chi connectivity index (χ2n) is 6.94. The average molecular weight is 497 g/mol. The van der Waals surface area contributed by atoms with E-state index in [1.807, 2.05) is 0 Å². The minimum absolute atomic E-state index is 0. The molecule has 0 saturated carbocycles. The highest BCUT2D eigenvalue weighted by Gasteiger charge is 2.20. The molecule has 5 nitrogen and oxygen atoms in total. The Morgan fingerprint density at radius 2 is 2.04 bits per heavy atom. The summed E-state index contributed by atoms with van der Waals surface area (Å²) in [7, 11) is 1.75. The molecule has 1 heterocycles. The largest absolute Gasteiger partial charge is 0.467 e. The van der Waals surface area contributed by atoms with E-state index in [4.69, 9.17) is 9.47 Å². The number of aliphatic imine (C=N–C) groups is 1. The molecule has 1 unspecified atom stereocenters. The number of hydrogen-bond donors (Lipinski definition) is 2. The van der Waals surface area contributed by atoms with Gasteiger partial charge in [0.05, 0.1) is 6.61 Å². The highest BCUT2D eigenvalue weighted by Crippen LogP contribution is 2.29. The number of benzene rings is 2. The summed E-state index contributed by atoms with van der Waals surface area (Å²) >= 11 is 0. The monoisotopic (exact) mass is 497 g/mol. The summed E-state index contributed by atoms with van der Waals surface area (Å²) in [5.74, 6) is 1.13. The van der Waals surface area contributed by atoms with Crippen molar-refractivity contribution in [3.63, 3.8) is 0 Å². The zero-order chi connectivity index (χ0) is 18.6. The van der Waals surface area contributed by atoms with Crippen LogP contribution in [-0.2, 0) is 30.7 Å². The number of aryl methyl sites for hydroxylation is 1. The number of nitrogens with zero attached hydrogens (tertiary/aromatic N) is 1. The smallest absolute Gasteiger partial charge is 0.191 e. The first-order chi connectivity index (χ1) is 13.2. The Balaban J connectivity index is 0.00000225. The van der Waals surface area contributed by atoms with Gasteiger partial charge in [-0.1, -0.05) is 24.3 Å². The molecule has 2 aromatic rings. The van der Waals surface area contributed by atoms with Crippen LogP contribution in [0.5, 0.6) is 5.75 Å². The Morgan fingerprint density at radius 3 is 2.86 bits per heavy atom. The van der Waals surface area contributed by atoms with Crippen LogP contribution in [-0.4, -0.2) is 25.8 Å². The molecule has 7 heteroatoms. The Labute approximate surface area is 181 Å². The molecule has 2 aromatic carbocycles. The third-order valence-corrected chi connectivity index (χ3v) is 5.11. The van der Waals surface area contributed by atoms with Crippen LogP contribution in [0, 0.1) is 5.82 Å². The van der Waals surface area contributed by atoms with E-state index in [1.54, 1.807) is 7.05 Å². The maximum absolute atomic E-state index is 13.9. The fourth-order valence-electron chi connectivity index (χ4n) is 3.78. The van der Waals surface area contributed by atoms with Crippen molar-refractivity contribution >= 4 is 29.9 Å². The quantitative estimate of drug-likeness (QED) is 0.387. The lowest BCUT2D eigenvalue weighted by Crippen LogP contribution is -2.45. The molecule has 0 fully saturated rings. The van der Waals surface area contributed by atoms with Crippen molar-refractivity contribution in [2.24, 2.45) is 4.99 Å². The molecule has 1 atom stereocenters. The summed E-state index contributed by atoms with van der Waals surface area (Å²) in [6.45, 7) is 0.998. The van der Waals surface area contributed by atoms with Gasteiger partial charge in [0.2, 0.25) is 0 Å². The summed E-state index contributed by atoms with van der Waals surface area (Å²) in [5, 5.41) is 6.78. The number of guanidine groups is 1. The van der Waals surface area contributed by atoms with Gasteiger partial charge in [-0.3, -0.25) is 4.99 Å². The van der Waals surface area contributed by atoms with Gasteiger partial charge < -0.3 is 20.1 Å². The molecule has 1 aliphatic heterocycles. The van der Waals surface area contributed by atoms with Gasteiger partial charge in [-0.15, -0.1) is 24.0 Å². The third kappa shape index (κ3) is 4.75. The molecule has 2 N–H and O–H groups in total. The summed E-state index contributed by atoms with van der Waals surface area (Å²) in [4.78, 5) is 4.32. The molecule has 150 valence electrons. The van der Waals surface area contributed by atoms with Crippen LogP contribution in [0.1, 0.15) is 28.7 Å². The third-order valence-electron chi connectivity index (χ3n) is 5.11. The maximum Gasteiger partial charge on any atom is 0.191 e. The van der Waals surface area contributed by atoms with Crippen LogP contribution in [0.3, 0.4) is 0 Å². The molecule has 0 amide bonds. The Bertz CT molecular complexity index is 860. The topological polar surface area (TPSA) is 54.9 Å². The predicted octanol–water partition coefficient (Wildman–Crippen LogP) is 3.53. The van der Waals surface area contributed by atoms with E-state index >= 15 is 0 Å². The summed E-state index contributed by atoms with van der Waals surface area (Å²) in [5.41, 5.74) is 4.34. The second kappa shape index (κ2) is 9.56. The highest BCUT2D eigenvalue weighted by molar-refractivity contribution is 14.0. The molecule has 0 radical (unpaired) electrons. The Hall–Kier alpha value is -1.87. The molecule has 2 aliphatic rings. The van der Waals surface area contributed by atoms with Crippen molar-refractivity contribution in [2.45, 2.75) is 38.5 Å². The van der Waals surface area contributed by atoms with E-state index in [2.05, 4.69) is 39.9 Å². The van der Waals surface area contributed by atoms with Gasteiger partial charge in [0, 0.05) is 30.8 Å². The highest BCUT2D eigenvalue weighted by atomic mass is 127. The SMILES string of the molecule is CN=C(NCc1cc(F)cc2c1OCOC2)NC1CCc2ccccc2C1.I. The molecule has 0 saturated heterocycles. The van der Waals surface area contributed by atoms with Crippen LogP contribution in [0.2, 0.25) is 0 Å². The number of nitrogens with one attached hydrogen (secondary N) is 2. The molecule has 0 spiro atoms. The van der Waals surface area contributed by atoms with Crippen molar-refractivity contribution in [2.75, 3.05) is 13.8 Å². The Kier molecular flexibility index (Phi) is 7.12. The van der Waals surface area contributed by atoms with Gasteiger partial charge >= 0.3 is 0 Å². The lowest BCUT2D eigenvalue weighted by atomic mass is 9.88. The summed E-state index contributed by atoms with van der Waals surface area (Å²) < 4.78 is 24.7. The number of hydrogen-bond acceptors (Lipinski definition) is 3. The van der Waals surface area contributed by atoms with Crippen LogP contribution in [0.4, 0.5) is 4.39 Å². The Morgan fingerprint density at radius 1 is 1.21 bits per heavy atom. The van der Waals surface area contributed by atoms with E-state index < -0.39 is 0 Å². The van der Waals surface area contributed by atoms with Gasteiger partial charge in [0.1, 0.15) is 11.6 Å². The second-order valence-corrected chi connectivity index (χ2v) is 6.94. The van der Waals surface area contributed by atoms with E-state index in [1.165, 1.54) is 23.3 Å². The molecular weight excluding hydrogens is 472 g/mol. The molecule has 1 aliphatic carbocycles. The van der Waals surface area contributed by atoms with Gasteiger partial charge in [-0.2, -0.15) is 0 Å². The van der Waals surface area contributed by atoms with Crippen LogP contribution in [0.25, 0.3) is 0 Å². The fourth-order valence-corrected chi connectivity index (χ4v) is 3.78. The van der Waals surface area contributed by atoms with Crippen LogP contribution >= 0.6 is 24.0 Å². The molecule has 4 rings (SSSR count). The van der Waals surface area contributed by atoms with E-state index in [0.29, 0.717) is 30.9 Å². The van der Waals surface area contributed by atoms with Crippen molar-refractivity contribution in [3.05, 3.63) is 64.5 Å². The predicted molar refractivity (Wildman–Crippen MR) is 118 cm³/mol. The molecule has 0 bridgehead atoms. The van der Waals surface area contributed by atoms with Gasteiger partial charge in [-0.05, 0) is 42.5 Å². The number of rotatable bonds is 3. The standard InChI is InChI=1S/C21H24FN3O2.HI/c1-23-21(25-19-7-6-14-4-2-3-5-15(14)10-19)24-11-16-8-18(22)9-17-12-26-13-27-20(16)17;/h2-5,8-9,19H,6-7,10-13H2,1H3,(H2,23,24,25);1H. The van der Waals surface area contributed by atoms with Crippen LogP contribution in [0.15, 0.2) is 41.4 Å². The normalized spacial score (nSPS) is 18.2. The number of halogens is 2. The lowest BCUT2D eigenvalue weighted by molar-refractivity contribution is -0.0172. The first-order valence-corrected chi connectivity index (χ1v) is 9.28. The maximum atomic E-state index is 13.9. The van der Waals surface area contributed by atoms with E-state index in [0.717, 1.165) is 30.4 Å². The van der Waals surface area contributed by atoms with Gasteiger partial charge in [-0.25, -0.2) is 4.39 Å². The summed E-state index contributed by atoms with van der Waals surface area (Å²) in [6, 6.07) is 11.9. The molecule has 28 heavy (non-hydrogen) atoms. The van der Waals surface area contributed by atoms with E-state index in [-0.39, 0.29) is 36.6 Å². The number of fused-ring (bicyclic) bond motifs is 2. The minimum Gasteiger partial charge on any atom is -0.467 e. The average Bonchev–Trinajstić information content (AvgIpc) is 2.70. The zero-order valence-electron chi connectivity index (χ0n) is 15.8. The van der Waals surface area contributed by atoms with E-state index in [9.17, 15) is 4.39 Å². The first-order valence-electron chi connectivity index (χ1n) is 9.28. The molecular formula is C21H25FIN3O2. The fraction of sp³-hybridized carbons (Fsp3) is 0.381. The zero-order valence-corrected chi connectivity index (χ0v) is 18.2. The summed E-state index contributed by atoms with van der Waals surface area (Å²) in [6.07, 6.45) is 3.11. The van der Waals surface area contributed by atoms with Crippen molar-refractivity contribution in [1.82, 2.24) is 10.6 Å². The van der Waals surface area contributed by atoms with Crippen molar-refractivity contribution in [3.8, 4) is 5.75 Å².